The summed E-state index contributed by atoms with van der Waals surface area (Å²) in [6, 6.07) is 5.78. The van der Waals surface area contributed by atoms with E-state index in [2.05, 4.69) is 5.32 Å². The van der Waals surface area contributed by atoms with E-state index in [-0.39, 0.29) is 5.41 Å². The monoisotopic (exact) mass is 271 g/mol. The van der Waals surface area contributed by atoms with Gasteiger partial charge in [0.25, 0.3) is 0 Å². The summed E-state index contributed by atoms with van der Waals surface area (Å²) >= 11 is 12.2. The third-order valence-electron chi connectivity index (χ3n) is 3.70. The van der Waals surface area contributed by atoms with E-state index in [1.807, 2.05) is 18.2 Å². The van der Waals surface area contributed by atoms with Gasteiger partial charge in [-0.25, -0.2) is 0 Å². The van der Waals surface area contributed by atoms with Crippen molar-refractivity contribution in [1.29, 1.82) is 0 Å². The fourth-order valence-corrected chi connectivity index (χ4v) is 2.83. The Balaban J connectivity index is 1.72. The summed E-state index contributed by atoms with van der Waals surface area (Å²) < 4.78 is 5.89. The first-order chi connectivity index (χ1) is 8.20. The lowest BCUT2D eigenvalue weighted by molar-refractivity contribution is 0.00679. The van der Waals surface area contributed by atoms with E-state index in [1.165, 1.54) is 5.56 Å². The summed E-state index contributed by atoms with van der Waals surface area (Å²) in [5.41, 5.74) is 1.34. The molecule has 4 heteroatoms. The van der Waals surface area contributed by atoms with Gasteiger partial charge in [-0.05, 0) is 30.5 Å². The van der Waals surface area contributed by atoms with Crippen LogP contribution in [-0.4, -0.2) is 25.8 Å². The number of benzene rings is 1. The normalized spacial score (nSPS) is 22.2. The molecule has 0 amide bonds. The lowest BCUT2D eigenvalue weighted by Gasteiger charge is -2.29. The molecule has 2 nitrogen and oxygen atoms in total. The molecule has 2 aliphatic rings. The standard InChI is InChI=1S/C13H15Cl2NO/c14-9-1-2-11(12(15)5-9)13(3-4-13)8-17-10-6-16-7-10/h1-2,5,10,16H,3-4,6-8H2. The molecule has 0 aromatic heterocycles. The van der Waals surface area contributed by atoms with Gasteiger partial charge >= 0.3 is 0 Å². The number of hydrogen-bond donors (Lipinski definition) is 1. The van der Waals surface area contributed by atoms with Crippen molar-refractivity contribution in [2.24, 2.45) is 0 Å². The summed E-state index contributed by atoms with van der Waals surface area (Å²) in [5.74, 6) is 0. The summed E-state index contributed by atoms with van der Waals surface area (Å²) in [4.78, 5) is 0. The Morgan fingerprint density at radius 2 is 2.06 bits per heavy atom. The molecule has 0 spiro atoms. The predicted molar refractivity (Wildman–Crippen MR) is 70.0 cm³/mol. The second kappa shape index (κ2) is 4.43. The van der Waals surface area contributed by atoms with Gasteiger partial charge < -0.3 is 10.1 Å². The molecule has 92 valence electrons. The molecule has 0 atom stereocenters. The van der Waals surface area contributed by atoms with Crippen LogP contribution in [0.1, 0.15) is 18.4 Å². The third-order valence-corrected chi connectivity index (χ3v) is 4.24. The lowest BCUT2D eigenvalue weighted by atomic mass is 9.97. The van der Waals surface area contributed by atoms with E-state index in [0.717, 1.165) is 37.6 Å². The molecule has 0 bridgehead atoms. The molecule has 17 heavy (non-hydrogen) atoms. The molecule has 0 unspecified atom stereocenters. The Bertz CT molecular complexity index is 427. The van der Waals surface area contributed by atoms with E-state index < -0.39 is 0 Å². The van der Waals surface area contributed by atoms with Gasteiger partial charge in [0.05, 0.1) is 12.7 Å². The predicted octanol–water partition coefficient (Wildman–Crippen LogP) is 3.01. The highest BCUT2D eigenvalue weighted by Gasteiger charge is 2.46. The Hall–Kier alpha value is -0.280. The maximum Gasteiger partial charge on any atom is 0.0824 e. The average molecular weight is 272 g/mol. The molecule has 1 aromatic carbocycles. The second-order valence-corrected chi connectivity index (χ2v) is 5.84. The van der Waals surface area contributed by atoms with E-state index >= 15 is 0 Å². The number of nitrogens with one attached hydrogen (secondary N) is 1. The van der Waals surface area contributed by atoms with E-state index in [4.69, 9.17) is 27.9 Å². The van der Waals surface area contributed by atoms with Crippen molar-refractivity contribution in [3.8, 4) is 0 Å². The minimum atomic E-state index is 0.150. The van der Waals surface area contributed by atoms with Crippen LogP contribution in [0.25, 0.3) is 0 Å². The molecular formula is C13H15Cl2NO. The number of halogens is 2. The van der Waals surface area contributed by atoms with Gasteiger partial charge in [0.1, 0.15) is 0 Å². The highest BCUT2D eigenvalue weighted by atomic mass is 35.5. The van der Waals surface area contributed by atoms with E-state index in [1.54, 1.807) is 0 Å². The van der Waals surface area contributed by atoms with Crippen LogP contribution < -0.4 is 5.32 Å². The zero-order valence-corrected chi connectivity index (χ0v) is 11.0. The fraction of sp³-hybridized carbons (Fsp3) is 0.538. The number of hydrogen-bond acceptors (Lipinski definition) is 2. The highest BCUT2D eigenvalue weighted by Crippen LogP contribution is 2.51. The minimum absolute atomic E-state index is 0.150. The van der Waals surface area contributed by atoms with Crippen LogP contribution in [0.5, 0.6) is 0 Å². The van der Waals surface area contributed by atoms with Crippen molar-refractivity contribution >= 4 is 23.2 Å². The zero-order valence-electron chi connectivity index (χ0n) is 9.51. The Kier molecular flexibility index (Phi) is 3.07. The van der Waals surface area contributed by atoms with Crippen molar-refractivity contribution in [1.82, 2.24) is 5.32 Å². The summed E-state index contributed by atoms with van der Waals surface area (Å²) in [5, 5.41) is 4.67. The highest BCUT2D eigenvalue weighted by molar-refractivity contribution is 6.35. The molecule has 1 saturated carbocycles. The Labute approximate surface area is 111 Å². The molecule has 1 aliphatic carbocycles. The molecule has 3 rings (SSSR count). The summed E-state index contributed by atoms with van der Waals surface area (Å²) in [7, 11) is 0. The topological polar surface area (TPSA) is 21.3 Å². The van der Waals surface area contributed by atoms with Crippen LogP contribution in [-0.2, 0) is 10.2 Å². The first kappa shape index (κ1) is 11.8. The third kappa shape index (κ3) is 2.32. The van der Waals surface area contributed by atoms with Gasteiger partial charge in [0.15, 0.2) is 0 Å². The van der Waals surface area contributed by atoms with Crippen molar-refractivity contribution in [2.75, 3.05) is 19.7 Å². The largest absolute Gasteiger partial charge is 0.375 e. The van der Waals surface area contributed by atoms with Gasteiger partial charge in [0, 0.05) is 28.5 Å². The van der Waals surface area contributed by atoms with Gasteiger partial charge in [0.2, 0.25) is 0 Å². The average Bonchev–Trinajstić information content (AvgIpc) is 2.96. The molecule has 1 aromatic rings. The zero-order chi connectivity index (χ0) is 11.9. The van der Waals surface area contributed by atoms with Crippen molar-refractivity contribution in [2.45, 2.75) is 24.4 Å². The van der Waals surface area contributed by atoms with Crippen LogP contribution in [0, 0.1) is 0 Å². The van der Waals surface area contributed by atoms with Crippen molar-refractivity contribution in [3.05, 3.63) is 33.8 Å². The van der Waals surface area contributed by atoms with Crippen LogP contribution in [0.2, 0.25) is 10.0 Å². The molecule has 1 aliphatic heterocycles. The molecule has 0 radical (unpaired) electrons. The van der Waals surface area contributed by atoms with Crippen LogP contribution in [0.3, 0.4) is 0 Å². The Morgan fingerprint density at radius 1 is 1.29 bits per heavy atom. The first-order valence-corrected chi connectivity index (χ1v) is 6.73. The lowest BCUT2D eigenvalue weighted by Crippen LogP contribution is -2.49. The van der Waals surface area contributed by atoms with Gasteiger partial charge in [-0.3, -0.25) is 0 Å². The van der Waals surface area contributed by atoms with Gasteiger partial charge in [-0.15, -0.1) is 0 Å². The molecule has 2 fully saturated rings. The minimum Gasteiger partial charge on any atom is -0.375 e. The van der Waals surface area contributed by atoms with Crippen molar-refractivity contribution in [3.63, 3.8) is 0 Å². The quantitative estimate of drug-likeness (QED) is 0.909. The SMILES string of the molecule is Clc1ccc(C2(COC3CNC3)CC2)c(Cl)c1. The first-order valence-electron chi connectivity index (χ1n) is 5.97. The van der Waals surface area contributed by atoms with Crippen LogP contribution >= 0.6 is 23.2 Å². The molecular weight excluding hydrogens is 257 g/mol. The second-order valence-electron chi connectivity index (χ2n) is 5.00. The fourth-order valence-electron chi connectivity index (χ4n) is 2.22. The van der Waals surface area contributed by atoms with Crippen LogP contribution in [0.4, 0.5) is 0 Å². The molecule has 1 N–H and O–H groups in total. The molecule has 1 heterocycles. The van der Waals surface area contributed by atoms with E-state index in [0.29, 0.717) is 11.1 Å². The Morgan fingerprint density at radius 3 is 2.59 bits per heavy atom. The van der Waals surface area contributed by atoms with Gasteiger partial charge in [-0.1, -0.05) is 29.3 Å². The smallest absolute Gasteiger partial charge is 0.0824 e. The maximum absolute atomic E-state index is 6.26. The van der Waals surface area contributed by atoms with E-state index in [9.17, 15) is 0 Å². The summed E-state index contributed by atoms with van der Waals surface area (Å²) in [6.45, 7) is 2.73. The molecule has 1 saturated heterocycles. The number of ether oxygens (including phenoxy) is 1. The summed E-state index contributed by atoms with van der Waals surface area (Å²) in [6.07, 6.45) is 2.71. The van der Waals surface area contributed by atoms with Gasteiger partial charge in [-0.2, -0.15) is 0 Å². The maximum atomic E-state index is 6.26. The van der Waals surface area contributed by atoms with Crippen molar-refractivity contribution < 1.29 is 4.74 Å². The number of rotatable bonds is 4. The van der Waals surface area contributed by atoms with Crippen LogP contribution in [0.15, 0.2) is 18.2 Å².